The second-order valence-electron chi connectivity index (χ2n) is 19.1. The number of ether oxygens (including phenoxy) is 2. The largest absolute Gasteiger partial charge is 0.494 e. The number of amides is 4. The van der Waals surface area contributed by atoms with Gasteiger partial charge in [0.25, 0.3) is 5.91 Å². The van der Waals surface area contributed by atoms with Crippen molar-refractivity contribution in [3.05, 3.63) is 119 Å². The van der Waals surface area contributed by atoms with E-state index in [1.807, 2.05) is 93.9 Å². The summed E-state index contributed by atoms with van der Waals surface area (Å²) in [5.74, 6) is -0.792. The Morgan fingerprint density at radius 1 is 0.930 bits per heavy atom. The van der Waals surface area contributed by atoms with Crippen molar-refractivity contribution in [2.45, 2.75) is 97.6 Å². The zero-order valence-corrected chi connectivity index (χ0v) is 42.0. The van der Waals surface area contributed by atoms with Crippen LogP contribution in [-0.4, -0.2) is 82.6 Å². The number of aryl methyl sites for hydroxylation is 1. The van der Waals surface area contributed by atoms with E-state index in [1.54, 1.807) is 53.2 Å². The van der Waals surface area contributed by atoms with Crippen molar-refractivity contribution in [1.29, 1.82) is 5.26 Å². The van der Waals surface area contributed by atoms with Gasteiger partial charge in [0.05, 0.1) is 45.6 Å². The van der Waals surface area contributed by atoms with Crippen LogP contribution in [0.1, 0.15) is 82.7 Å². The number of rotatable bonds is 17. The van der Waals surface area contributed by atoms with Gasteiger partial charge in [-0.3, -0.25) is 24.1 Å². The van der Waals surface area contributed by atoms with Crippen molar-refractivity contribution in [1.82, 2.24) is 20.5 Å². The minimum atomic E-state index is -4.80. The zero-order valence-electron chi connectivity index (χ0n) is 40.4. The Balaban J connectivity index is 0.833. The fraction of sp³-hybridized carbons (Fsp3) is 0.377. The fourth-order valence-electron chi connectivity index (χ4n) is 8.65. The number of likely N-dealkylation sites (tertiary alicyclic amines) is 1. The van der Waals surface area contributed by atoms with Crippen molar-refractivity contribution in [3.63, 3.8) is 0 Å². The van der Waals surface area contributed by atoms with Crippen LogP contribution in [0.5, 0.6) is 5.75 Å². The Kier molecular flexibility index (Phi) is 16.0. The molecule has 71 heavy (non-hydrogen) atoms. The van der Waals surface area contributed by atoms with Crippen molar-refractivity contribution >= 4 is 63.7 Å². The maximum atomic E-state index is 14.0. The summed E-state index contributed by atoms with van der Waals surface area (Å²) >= 11 is 7.26. The molecule has 2 aliphatic heterocycles. The summed E-state index contributed by atoms with van der Waals surface area (Å²) in [5, 5.41) is 15.1. The van der Waals surface area contributed by atoms with E-state index in [0.29, 0.717) is 63.4 Å². The third-order valence-electron chi connectivity index (χ3n) is 12.5. The molecule has 0 bridgehead atoms. The quantitative estimate of drug-likeness (QED) is 0.0679. The summed E-state index contributed by atoms with van der Waals surface area (Å²) in [6.45, 7) is 12.1. The second kappa shape index (κ2) is 21.8. The number of alkyl halides is 3. The number of nitrogens with zero attached hydrogens (tertiary/aromatic N) is 5. The molecule has 13 nitrogen and oxygen atoms in total. The molecular formula is C53H56F3N7O6S2. The maximum Gasteiger partial charge on any atom is 0.417 e. The van der Waals surface area contributed by atoms with Crippen LogP contribution in [0.2, 0.25) is 0 Å². The summed E-state index contributed by atoms with van der Waals surface area (Å²) < 4.78 is 52.9. The first-order valence-corrected chi connectivity index (χ1v) is 24.6. The molecule has 2 aliphatic rings. The molecule has 2 N–H and O–H groups in total. The molecule has 2 saturated heterocycles. The van der Waals surface area contributed by atoms with Crippen LogP contribution in [0.4, 0.5) is 24.5 Å². The number of nitriles is 1. The molecule has 7 rings (SSSR count). The average Bonchev–Trinajstić information content (AvgIpc) is 4.05. The number of halogens is 3. The molecule has 0 spiro atoms. The molecule has 1 aromatic heterocycles. The van der Waals surface area contributed by atoms with Gasteiger partial charge in [-0.25, -0.2) is 4.98 Å². The molecule has 5 aromatic rings. The smallest absolute Gasteiger partial charge is 0.417 e. The number of nitrogens with one attached hydrogen (secondary N) is 2. The van der Waals surface area contributed by atoms with Crippen LogP contribution in [-0.2, 0) is 36.6 Å². The van der Waals surface area contributed by atoms with E-state index in [4.69, 9.17) is 21.7 Å². The lowest BCUT2D eigenvalue weighted by molar-refractivity contribution is -0.144. The summed E-state index contributed by atoms with van der Waals surface area (Å²) in [7, 11) is 0. The standard InChI is InChI=1S/C53H56F3N7O6S2/c1-33-45(71-32-59-33)37-13-11-34(12-14-37)30-58-47(65)43-10-9-25-61(43)48(66)46(51(2,3)4)60-44(64)31-68-26-7-8-27-69-41-23-18-36(19-24-41)35-15-20-39(21-16-35)63-50(70)62(49(67)52(63,5)6)40-22-17-38(29-57)42(28-40)53(54,55)56/h11-24,28,32,43,46H,7-10,25-27,30-31H2,1-6H3,(H,58,65)(H,60,64)/t43-,46+/m0/s1. The number of benzene rings is 4. The molecule has 2 atom stereocenters. The average molecular weight is 1010 g/mol. The number of unbranched alkanes of at least 4 members (excludes halogenated alkanes) is 1. The van der Waals surface area contributed by atoms with E-state index < -0.39 is 52.2 Å². The number of aromatic nitrogens is 1. The highest BCUT2D eigenvalue weighted by molar-refractivity contribution is 7.81. The van der Waals surface area contributed by atoms with Gasteiger partial charge in [0.15, 0.2) is 5.11 Å². The van der Waals surface area contributed by atoms with E-state index in [2.05, 4.69) is 15.6 Å². The Morgan fingerprint density at radius 3 is 2.18 bits per heavy atom. The highest BCUT2D eigenvalue weighted by atomic mass is 32.1. The van der Waals surface area contributed by atoms with Gasteiger partial charge >= 0.3 is 6.18 Å². The predicted octanol–water partition coefficient (Wildman–Crippen LogP) is 9.61. The number of hydrogen-bond acceptors (Lipinski definition) is 10. The number of carbonyl (C=O) groups is 4. The zero-order chi connectivity index (χ0) is 51.3. The highest BCUT2D eigenvalue weighted by Gasteiger charge is 2.51. The van der Waals surface area contributed by atoms with Crippen molar-refractivity contribution in [2.75, 3.05) is 36.2 Å². The van der Waals surface area contributed by atoms with Crippen molar-refractivity contribution < 1.29 is 41.8 Å². The van der Waals surface area contributed by atoms with E-state index in [9.17, 15) is 37.6 Å². The third kappa shape index (κ3) is 11.9. The van der Waals surface area contributed by atoms with Crippen LogP contribution in [0, 0.1) is 23.7 Å². The topological polar surface area (TPSA) is 157 Å². The van der Waals surface area contributed by atoms with Gasteiger partial charge in [-0.05, 0) is 129 Å². The minimum Gasteiger partial charge on any atom is -0.494 e. The SMILES string of the molecule is Cc1ncsc1-c1ccc(CNC(=O)[C@@H]2CCCN2C(=O)[C@@H](NC(=O)COCCCCOc2ccc(-c3ccc(N4C(=S)N(c5ccc(C#N)c(C(F)(F)F)c5)C(=O)C4(C)C)cc3)cc2)C(C)(C)C)cc1. The Bertz CT molecular complexity index is 2800. The number of hydrogen-bond donors (Lipinski definition) is 2. The Hall–Kier alpha value is -6.68. The van der Waals surface area contributed by atoms with Crippen LogP contribution < -0.4 is 25.2 Å². The lowest BCUT2D eigenvalue weighted by atomic mass is 9.85. The first-order chi connectivity index (χ1) is 33.7. The van der Waals surface area contributed by atoms with E-state index >= 15 is 0 Å². The molecule has 0 saturated carbocycles. The molecule has 372 valence electrons. The summed E-state index contributed by atoms with van der Waals surface area (Å²) in [6, 6.07) is 26.0. The van der Waals surface area contributed by atoms with Crippen LogP contribution in [0.15, 0.2) is 96.5 Å². The highest BCUT2D eigenvalue weighted by Crippen LogP contribution is 2.40. The molecule has 18 heteroatoms. The normalized spacial score (nSPS) is 16.2. The summed E-state index contributed by atoms with van der Waals surface area (Å²) in [6.07, 6.45) is -2.29. The van der Waals surface area contributed by atoms with Gasteiger partial charge in [0.1, 0.15) is 30.0 Å². The lowest BCUT2D eigenvalue weighted by Crippen LogP contribution is -2.58. The molecular weight excluding hydrogens is 952 g/mol. The monoisotopic (exact) mass is 1010 g/mol. The number of anilines is 2. The van der Waals surface area contributed by atoms with Gasteiger partial charge in [0, 0.05) is 25.4 Å². The van der Waals surface area contributed by atoms with Gasteiger partial charge in [-0.1, -0.05) is 69.3 Å². The van der Waals surface area contributed by atoms with Gasteiger partial charge in [-0.15, -0.1) is 11.3 Å². The molecule has 0 unspecified atom stereocenters. The molecule has 4 amide bonds. The molecule has 2 fully saturated rings. The van der Waals surface area contributed by atoms with Gasteiger partial charge in [0.2, 0.25) is 17.7 Å². The van der Waals surface area contributed by atoms with Crippen LogP contribution in [0.25, 0.3) is 21.6 Å². The fourth-order valence-corrected chi connectivity index (χ4v) is 9.98. The predicted molar refractivity (Wildman–Crippen MR) is 270 cm³/mol. The van der Waals surface area contributed by atoms with Crippen LogP contribution >= 0.6 is 23.6 Å². The van der Waals surface area contributed by atoms with Crippen molar-refractivity contribution in [2.24, 2.45) is 5.41 Å². The Labute approximate surface area is 420 Å². The lowest BCUT2D eigenvalue weighted by Gasteiger charge is -2.35. The van der Waals surface area contributed by atoms with Crippen LogP contribution in [0.3, 0.4) is 0 Å². The third-order valence-corrected chi connectivity index (χ3v) is 13.9. The number of thiazole rings is 1. The summed E-state index contributed by atoms with van der Waals surface area (Å²) in [5.41, 5.74) is 3.51. The minimum absolute atomic E-state index is 0.00960. The van der Waals surface area contributed by atoms with E-state index in [0.717, 1.165) is 49.9 Å². The molecule has 4 aromatic carbocycles. The number of carbonyl (C=O) groups excluding carboxylic acids is 4. The van der Waals surface area contributed by atoms with Gasteiger partial charge < -0.3 is 29.9 Å². The second-order valence-corrected chi connectivity index (χ2v) is 20.3. The summed E-state index contributed by atoms with van der Waals surface area (Å²) in [4.78, 5) is 63.8. The molecule has 3 heterocycles. The first-order valence-electron chi connectivity index (χ1n) is 23.3. The Morgan fingerprint density at radius 2 is 1.56 bits per heavy atom. The van der Waals surface area contributed by atoms with E-state index in [1.165, 1.54) is 6.07 Å². The maximum absolute atomic E-state index is 14.0. The first kappa shape index (κ1) is 52.2. The van der Waals surface area contributed by atoms with Crippen molar-refractivity contribution in [3.8, 4) is 33.4 Å². The molecule has 0 radical (unpaired) electrons. The number of thiocarbonyl (C=S) groups is 1. The van der Waals surface area contributed by atoms with E-state index in [-0.39, 0.29) is 29.2 Å². The molecule has 0 aliphatic carbocycles. The van der Waals surface area contributed by atoms with Gasteiger partial charge in [-0.2, -0.15) is 18.4 Å².